The summed E-state index contributed by atoms with van der Waals surface area (Å²) < 4.78 is 4.17. The number of benzene rings is 2. The number of nitrogens with one attached hydrogen (secondary N) is 2. The molecule has 2 aromatic carbocycles. The minimum absolute atomic E-state index is 0.875. The average molecular weight is 647 g/mol. The van der Waals surface area contributed by atoms with Gasteiger partial charge in [-0.15, -0.1) is 0 Å². The van der Waals surface area contributed by atoms with Gasteiger partial charge in [-0.3, -0.25) is 0 Å². The minimum Gasteiger partial charge on any atom is -0.354 e. The zero-order valence-electron chi connectivity index (χ0n) is 27.8. The second-order valence-corrected chi connectivity index (χ2v) is 12.8. The quantitative estimate of drug-likeness (QED) is 0.188. The Labute approximate surface area is 290 Å². The maximum absolute atomic E-state index is 5.36. The lowest BCUT2D eigenvalue weighted by molar-refractivity contribution is -0.671. The van der Waals surface area contributed by atoms with Crippen molar-refractivity contribution in [3.05, 3.63) is 157 Å². The van der Waals surface area contributed by atoms with Crippen LogP contribution in [0, 0.1) is 0 Å². The Morgan fingerprint density at radius 3 is 1.20 bits per heavy atom. The van der Waals surface area contributed by atoms with E-state index < -0.39 is 0 Å². The highest BCUT2D eigenvalue weighted by Gasteiger charge is 2.20. The van der Waals surface area contributed by atoms with Crippen LogP contribution in [0.4, 0.5) is 0 Å². The van der Waals surface area contributed by atoms with Crippen molar-refractivity contribution in [2.45, 2.75) is 0 Å². The predicted molar refractivity (Wildman–Crippen MR) is 203 cm³/mol. The number of aryl methyl sites for hydroxylation is 2. The van der Waals surface area contributed by atoms with Crippen molar-refractivity contribution in [2.75, 3.05) is 0 Å². The molecule has 0 saturated carbocycles. The van der Waals surface area contributed by atoms with E-state index in [1.165, 1.54) is 0 Å². The third-order valence-corrected chi connectivity index (χ3v) is 9.34. The molecule has 0 fully saturated rings. The van der Waals surface area contributed by atoms with Crippen LogP contribution in [0.3, 0.4) is 0 Å². The number of hydrogen-bond acceptors (Lipinski definition) is 2. The highest BCUT2D eigenvalue weighted by molar-refractivity contribution is 5.99. The second kappa shape index (κ2) is 12.1. The Hall–Kier alpha value is -6.66. The molecule has 0 aliphatic carbocycles. The minimum atomic E-state index is 0.875. The summed E-state index contributed by atoms with van der Waals surface area (Å²) in [6, 6.07) is 38.1. The lowest BCUT2D eigenvalue weighted by Crippen LogP contribution is -2.26. The van der Waals surface area contributed by atoms with E-state index in [4.69, 9.17) is 9.97 Å². The normalized spacial score (nSPS) is 12.0. The summed E-state index contributed by atoms with van der Waals surface area (Å²) in [5, 5.41) is 0. The molecule has 7 heterocycles. The van der Waals surface area contributed by atoms with Gasteiger partial charge in [-0.25, -0.2) is 19.1 Å². The van der Waals surface area contributed by atoms with E-state index in [0.29, 0.717) is 0 Å². The highest BCUT2D eigenvalue weighted by Crippen LogP contribution is 2.38. The first-order valence-corrected chi connectivity index (χ1v) is 16.8. The topological polar surface area (TPSA) is 65.1 Å². The number of hydrogen-bond donors (Lipinski definition) is 2. The summed E-state index contributed by atoms with van der Waals surface area (Å²) in [6.07, 6.45) is 16.9. The van der Waals surface area contributed by atoms with Crippen molar-refractivity contribution in [3.8, 4) is 44.5 Å². The first-order valence-electron chi connectivity index (χ1n) is 16.8. The van der Waals surface area contributed by atoms with E-state index in [1.807, 2.05) is 25.4 Å². The van der Waals surface area contributed by atoms with E-state index in [-0.39, 0.29) is 0 Å². The van der Waals surface area contributed by atoms with Crippen LogP contribution in [0.2, 0.25) is 0 Å². The van der Waals surface area contributed by atoms with Crippen molar-refractivity contribution in [2.24, 2.45) is 14.1 Å². The largest absolute Gasteiger partial charge is 0.354 e. The lowest BCUT2D eigenvalue weighted by Gasteiger charge is -2.06. The molecule has 0 spiro atoms. The van der Waals surface area contributed by atoms with E-state index in [0.717, 1.165) is 89.4 Å². The molecule has 8 bridgehead atoms. The second-order valence-electron chi connectivity index (χ2n) is 12.8. The highest BCUT2D eigenvalue weighted by atomic mass is 14.9. The molecule has 2 N–H and O–H groups in total. The first kappa shape index (κ1) is 29.5. The Balaban J connectivity index is 1.49. The fourth-order valence-corrected chi connectivity index (χ4v) is 7.10. The van der Waals surface area contributed by atoms with Crippen molar-refractivity contribution in [3.63, 3.8) is 0 Å². The zero-order valence-corrected chi connectivity index (χ0v) is 27.8. The molecule has 0 unspecified atom stereocenters. The van der Waals surface area contributed by atoms with Gasteiger partial charge < -0.3 is 9.97 Å². The molecule has 5 aromatic heterocycles. The van der Waals surface area contributed by atoms with Crippen LogP contribution in [0.1, 0.15) is 22.8 Å². The maximum atomic E-state index is 5.36. The van der Waals surface area contributed by atoms with Crippen molar-refractivity contribution in [1.29, 1.82) is 0 Å². The van der Waals surface area contributed by atoms with E-state index in [9.17, 15) is 0 Å². The van der Waals surface area contributed by atoms with Gasteiger partial charge in [0.15, 0.2) is 24.8 Å². The molecule has 0 amide bonds. The SMILES string of the molecule is C[n+]1cccc(-c2c3nc(c(-c4ccccc4)c4nc(c(-c5ccccc5)c5ccc([nH]5)c(-c5ccc[n+](C)c5)c5ccc2[nH]5)C=C4)C=C3)c1. The zero-order chi connectivity index (χ0) is 33.6. The molecule has 0 saturated heterocycles. The van der Waals surface area contributed by atoms with E-state index in [1.54, 1.807) is 0 Å². The number of rotatable bonds is 4. The molecule has 50 heavy (non-hydrogen) atoms. The smallest absolute Gasteiger partial charge is 0.176 e. The van der Waals surface area contributed by atoms with Crippen molar-refractivity contribution < 1.29 is 9.13 Å². The van der Waals surface area contributed by atoms with E-state index in [2.05, 4.69) is 166 Å². The molecule has 238 valence electrons. The molecule has 0 atom stereocenters. The van der Waals surface area contributed by atoms with Crippen LogP contribution in [-0.4, -0.2) is 19.9 Å². The number of aromatic amines is 2. The summed E-state index contributed by atoms with van der Waals surface area (Å²) in [6.45, 7) is 0. The van der Waals surface area contributed by atoms with Crippen LogP contribution in [-0.2, 0) is 14.1 Å². The Kier molecular flexibility index (Phi) is 7.13. The summed E-state index contributed by atoms with van der Waals surface area (Å²) >= 11 is 0. The van der Waals surface area contributed by atoms with Gasteiger partial charge in [0.25, 0.3) is 0 Å². The number of aromatic nitrogens is 6. The van der Waals surface area contributed by atoms with Crippen LogP contribution in [0.15, 0.2) is 134 Å². The third kappa shape index (κ3) is 5.24. The van der Waals surface area contributed by atoms with Crippen LogP contribution in [0.5, 0.6) is 0 Å². The molecule has 6 heteroatoms. The van der Waals surface area contributed by atoms with Gasteiger partial charge in [-0.05, 0) is 71.8 Å². The monoisotopic (exact) mass is 646 g/mol. The van der Waals surface area contributed by atoms with Crippen LogP contribution < -0.4 is 9.13 Å². The number of fused-ring (bicyclic) bond motifs is 8. The molecular formula is C44H34N6+2. The average Bonchev–Trinajstić information content (AvgIpc) is 3.97. The number of H-pyrrole nitrogens is 2. The standard InChI is InChI=1S/C44H34N6/c1-49-25-9-15-31(27-49)43-37-21-19-35(46-37)41(29-11-5-3-6-12-29)33-17-18-34(45-33)42(30-13-7-4-8-14-30)36-20-22-38(47-36)44(40-24-23-39(43)48-40)32-16-10-26-50(2)28-32/h3-28,46,48H,1-2H3/q+2. The van der Waals surface area contributed by atoms with Gasteiger partial charge in [0.1, 0.15) is 14.1 Å². The Morgan fingerprint density at radius 1 is 0.380 bits per heavy atom. The molecular weight excluding hydrogens is 613 g/mol. The van der Waals surface area contributed by atoms with Crippen LogP contribution >= 0.6 is 0 Å². The Morgan fingerprint density at radius 2 is 0.740 bits per heavy atom. The predicted octanol–water partition coefficient (Wildman–Crippen LogP) is 8.97. The molecule has 9 rings (SSSR count). The van der Waals surface area contributed by atoms with Gasteiger partial charge in [-0.1, -0.05) is 60.7 Å². The fourth-order valence-electron chi connectivity index (χ4n) is 7.10. The van der Waals surface area contributed by atoms with Gasteiger partial charge in [-0.2, -0.15) is 0 Å². The summed E-state index contributed by atoms with van der Waals surface area (Å²) in [5.41, 5.74) is 16.0. The van der Waals surface area contributed by atoms with Crippen molar-refractivity contribution in [1.82, 2.24) is 19.9 Å². The summed E-state index contributed by atoms with van der Waals surface area (Å²) in [5.74, 6) is 0. The number of pyridine rings is 2. The summed E-state index contributed by atoms with van der Waals surface area (Å²) in [4.78, 5) is 18.4. The fraction of sp³-hybridized carbons (Fsp3) is 0.0455. The third-order valence-electron chi connectivity index (χ3n) is 9.34. The lowest BCUT2D eigenvalue weighted by atomic mass is 10.0. The van der Waals surface area contributed by atoms with Crippen molar-refractivity contribution >= 4 is 46.4 Å². The molecule has 6 nitrogen and oxygen atoms in total. The maximum Gasteiger partial charge on any atom is 0.176 e. The molecule has 2 aliphatic rings. The molecule has 0 radical (unpaired) electrons. The van der Waals surface area contributed by atoms with Gasteiger partial charge >= 0.3 is 0 Å². The van der Waals surface area contributed by atoms with E-state index >= 15 is 0 Å². The van der Waals surface area contributed by atoms with Gasteiger partial charge in [0.05, 0.1) is 22.8 Å². The number of nitrogens with zero attached hydrogens (tertiary/aromatic N) is 4. The first-order chi connectivity index (χ1) is 24.6. The van der Waals surface area contributed by atoms with Crippen LogP contribution in [0.25, 0.3) is 90.9 Å². The molecule has 7 aromatic rings. The van der Waals surface area contributed by atoms with Gasteiger partial charge in [0.2, 0.25) is 0 Å². The Bertz CT molecular complexity index is 2660. The summed E-state index contributed by atoms with van der Waals surface area (Å²) in [7, 11) is 4.11. The molecule has 2 aliphatic heterocycles. The van der Waals surface area contributed by atoms with Gasteiger partial charge in [0, 0.05) is 67.6 Å².